The molecule has 6 nitrogen and oxygen atoms in total. The number of nitrogens with two attached hydrogens (primary N) is 2. The lowest BCUT2D eigenvalue weighted by Gasteiger charge is -2.07. The molecule has 0 unspecified atom stereocenters. The van der Waals surface area contributed by atoms with E-state index in [1.165, 1.54) is 0 Å². The van der Waals surface area contributed by atoms with Gasteiger partial charge >= 0.3 is 12.1 Å². The second-order valence-electron chi connectivity index (χ2n) is 3.81. The average molecular weight is 306 g/mol. The van der Waals surface area contributed by atoms with Crippen LogP contribution in [0.1, 0.15) is 16.8 Å². The summed E-state index contributed by atoms with van der Waals surface area (Å²) in [5.41, 5.74) is 10.9. The Balaban J connectivity index is 0.000000486. The zero-order valence-electron chi connectivity index (χ0n) is 10.6. The van der Waals surface area contributed by atoms with Crippen LogP contribution in [-0.2, 0) is 9.59 Å². The van der Waals surface area contributed by atoms with Crippen LogP contribution in [0.2, 0.25) is 0 Å². The van der Waals surface area contributed by atoms with Gasteiger partial charge in [-0.3, -0.25) is 9.59 Å². The predicted molar refractivity (Wildman–Crippen MR) is 66.3 cm³/mol. The molecule has 0 saturated heterocycles. The van der Waals surface area contributed by atoms with Gasteiger partial charge in [-0.1, -0.05) is 30.3 Å². The van der Waals surface area contributed by atoms with Crippen molar-refractivity contribution in [3.8, 4) is 0 Å². The van der Waals surface area contributed by atoms with E-state index < -0.39 is 24.1 Å². The van der Waals surface area contributed by atoms with Crippen LogP contribution in [0.25, 0.3) is 0 Å². The number of alkyl halides is 3. The molecule has 0 aliphatic heterocycles. The largest absolute Gasteiger partial charge is 0.490 e. The van der Waals surface area contributed by atoms with Gasteiger partial charge in [0.25, 0.3) is 0 Å². The van der Waals surface area contributed by atoms with Crippen molar-refractivity contribution in [3.63, 3.8) is 0 Å². The van der Waals surface area contributed by atoms with Gasteiger partial charge in [-0.25, -0.2) is 4.79 Å². The van der Waals surface area contributed by atoms with Gasteiger partial charge in [-0.05, 0) is 0 Å². The summed E-state index contributed by atoms with van der Waals surface area (Å²) in [6, 6.07) is 7.76. The summed E-state index contributed by atoms with van der Waals surface area (Å²) in [6.07, 6.45) is -5.20. The maximum Gasteiger partial charge on any atom is 0.490 e. The van der Waals surface area contributed by atoms with Crippen LogP contribution in [0, 0.1) is 0 Å². The summed E-state index contributed by atoms with van der Waals surface area (Å²) in [7, 11) is 0. The maximum absolute atomic E-state index is 11.5. The van der Waals surface area contributed by atoms with Crippen molar-refractivity contribution in [2.75, 3.05) is 0 Å². The molecule has 0 spiro atoms. The minimum Gasteiger partial charge on any atom is -0.475 e. The Labute approximate surface area is 117 Å². The number of Topliss-reactive ketones (excluding diaryl/α,β-unsaturated/α-hetero) is 1. The summed E-state index contributed by atoms with van der Waals surface area (Å²) in [5, 5.41) is 7.12. The second-order valence-corrected chi connectivity index (χ2v) is 3.81. The van der Waals surface area contributed by atoms with Gasteiger partial charge in [0.15, 0.2) is 5.78 Å². The number of carbonyl (C=O) groups is 3. The molecule has 1 atom stereocenters. The van der Waals surface area contributed by atoms with Crippen LogP contribution >= 0.6 is 0 Å². The lowest BCUT2D eigenvalue weighted by Crippen LogP contribution is -2.35. The van der Waals surface area contributed by atoms with Crippen LogP contribution in [0.5, 0.6) is 0 Å². The first-order valence-electron chi connectivity index (χ1n) is 5.49. The van der Waals surface area contributed by atoms with Crippen LogP contribution in [0.15, 0.2) is 30.3 Å². The summed E-state index contributed by atoms with van der Waals surface area (Å²) in [5.74, 6) is -3.58. The van der Waals surface area contributed by atoms with E-state index in [9.17, 15) is 22.8 Å². The standard InChI is InChI=1S/C10H12N2O2.C2HF3O2/c11-8(6-9(12)13)10(14)7-4-2-1-3-5-7;3-2(4,5)1(6)7/h1-5,8H,6,11H2,(H2,12,13);(H,6,7)/t8-;/m1./s1. The Morgan fingerprint density at radius 3 is 1.90 bits per heavy atom. The molecule has 0 fully saturated rings. The number of aliphatic carboxylic acids is 1. The first-order chi connectivity index (χ1) is 9.55. The molecule has 21 heavy (non-hydrogen) atoms. The molecule has 0 bridgehead atoms. The van der Waals surface area contributed by atoms with Crippen molar-refractivity contribution in [2.24, 2.45) is 11.5 Å². The maximum atomic E-state index is 11.5. The van der Waals surface area contributed by atoms with Gasteiger partial charge in [-0.2, -0.15) is 13.2 Å². The van der Waals surface area contributed by atoms with Crippen LogP contribution in [0.4, 0.5) is 13.2 Å². The molecule has 5 N–H and O–H groups in total. The molecule has 0 saturated carbocycles. The SMILES string of the molecule is NC(=O)C[C@@H](N)C(=O)c1ccccc1.O=C(O)C(F)(F)F. The van der Waals surface area contributed by atoms with Crippen LogP contribution in [-0.4, -0.2) is 35.0 Å². The number of halogens is 3. The van der Waals surface area contributed by atoms with E-state index in [0.29, 0.717) is 5.56 Å². The minimum absolute atomic E-state index is 0.117. The average Bonchev–Trinajstić information content (AvgIpc) is 2.37. The Morgan fingerprint density at radius 1 is 1.14 bits per heavy atom. The summed E-state index contributed by atoms with van der Waals surface area (Å²) in [4.78, 5) is 31.0. The summed E-state index contributed by atoms with van der Waals surface area (Å²) < 4.78 is 31.7. The third-order valence-electron chi connectivity index (χ3n) is 2.06. The molecule has 116 valence electrons. The summed E-state index contributed by atoms with van der Waals surface area (Å²) >= 11 is 0. The number of carbonyl (C=O) groups excluding carboxylic acids is 2. The zero-order valence-corrected chi connectivity index (χ0v) is 10.6. The number of benzene rings is 1. The monoisotopic (exact) mass is 306 g/mol. The van der Waals surface area contributed by atoms with Gasteiger partial charge in [0.05, 0.1) is 6.04 Å². The van der Waals surface area contributed by atoms with E-state index in [0.717, 1.165) is 0 Å². The lowest BCUT2D eigenvalue weighted by atomic mass is 10.0. The van der Waals surface area contributed by atoms with Gasteiger partial charge in [0.1, 0.15) is 0 Å². The van der Waals surface area contributed by atoms with Crippen LogP contribution < -0.4 is 11.5 Å². The first kappa shape index (κ1) is 18.6. The van der Waals surface area contributed by atoms with E-state index in [1.54, 1.807) is 30.3 Å². The quantitative estimate of drug-likeness (QED) is 0.707. The highest BCUT2D eigenvalue weighted by molar-refractivity contribution is 6.01. The fraction of sp³-hybridized carbons (Fsp3) is 0.250. The van der Waals surface area contributed by atoms with Gasteiger partial charge in [0, 0.05) is 12.0 Å². The molecule has 1 rings (SSSR count). The van der Waals surface area contributed by atoms with Crippen molar-refractivity contribution < 1.29 is 32.7 Å². The van der Waals surface area contributed by atoms with Crippen molar-refractivity contribution in [1.82, 2.24) is 0 Å². The molecule has 9 heteroatoms. The fourth-order valence-electron chi connectivity index (χ4n) is 1.13. The molecule has 0 aromatic heterocycles. The third-order valence-corrected chi connectivity index (χ3v) is 2.06. The van der Waals surface area contributed by atoms with E-state index in [-0.39, 0.29) is 12.2 Å². The first-order valence-corrected chi connectivity index (χ1v) is 5.49. The van der Waals surface area contributed by atoms with Gasteiger partial charge in [-0.15, -0.1) is 0 Å². The highest BCUT2D eigenvalue weighted by Crippen LogP contribution is 2.13. The second kappa shape index (κ2) is 8.00. The predicted octanol–water partition coefficient (Wildman–Crippen LogP) is 0.705. The topological polar surface area (TPSA) is 123 Å². The smallest absolute Gasteiger partial charge is 0.475 e. The highest BCUT2D eigenvalue weighted by atomic mass is 19.4. The van der Waals surface area contributed by atoms with Crippen molar-refractivity contribution in [1.29, 1.82) is 0 Å². The number of ketones is 1. The normalized spacial score (nSPS) is 11.8. The lowest BCUT2D eigenvalue weighted by molar-refractivity contribution is -0.192. The van der Waals surface area contributed by atoms with E-state index in [2.05, 4.69) is 0 Å². The number of primary amides is 1. The molecule has 0 aliphatic carbocycles. The summed E-state index contributed by atoms with van der Waals surface area (Å²) in [6.45, 7) is 0. The third kappa shape index (κ3) is 7.67. The van der Waals surface area contributed by atoms with E-state index in [4.69, 9.17) is 21.4 Å². The number of carboxylic acid groups (broad SMARTS) is 1. The van der Waals surface area contributed by atoms with E-state index >= 15 is 0 Å². The van der Waals surface area contributed by atoms with Gasteiger partial charge in [0.2, 0.25) is 5.91 Å². The number of hydrogen-bond acceptors (Lipinski definition) is 4. The van der Waals surface area contributed by atoms with Crippen LogP contribution in [0.3, 0.4) is 0 Å². The fourth-order valence-corrected chi connectivity index (χ4v) is 1.13. The number of carboxylic acids is 1. The molecule has 1 aromatic rings. The Bertz CT molecular complexity index is 503. The highest BCUT2D eigenvalue weighted by Gasteiger charge is 2.38. The van der Waals surface area contributed by atoms with E-state index in [1.807, 2.05) is 0 Å². The van der Waals surface area contributed by atoms with Gasteiger partial charge < -0.3 is 16.6 Å². The molecule has 0 heterocycles. The molecule has 1 aromatic carbocycles. The number of amides is 1. The Morgan fingerprint density at radius 2 is 1.57 bits per heavy atom. The molecule has 0 aliphatic rings. The van der Waals surface area contributed by atoms with Crippen molar-refractivity contribution in [2.45, 2.75) is 18.6 Å². The minimum atomic E-state index is -5.08. The number of hydrogen-bond donors (Lipinski definition) is 3. The van der Waals surface area contributed by atoms with Crippen molar-refractivity contribution >= 4 is 17.7 Å². The molecular formula is C12H13F3N2O4. The molecular weight excluding hydrogens is 293 g/mol. The molecule has 1 amide bonds. The Kier molecular flexibility index (Phi) is 7.08. The van der Waals surface area contributed by atoms with Crippen molar-refractivity contribution in [3.05, 3.63) is 35.9 Å². The number of rotatable bonds is 4. The zero-order chi connectivity index (χ0) is 16.6. The molecule has 0 radical (unpaired) electrons. The Hall–Kier alpha value is -2.42.